The van der Waals surface area contributed by atoms with Gasteiger partial charge < -0.3 is 5.32 Å². The molecule has 1 aromatic carbocycles. The number of amides is 2. The van der Waals surface area contributed by atoms with Crippen molar-refractivity contribution in [3.8, 4) is 0 Å². The summed E-state index contributed by atoms with van der Waals surface area (Å²) >= 11 is 12.8. The van der Waals surface area contributed by atoms with Gasteiger partial charge >= 0.3 is 6.18 Å². The number of amidine groups is 1. The Hall–Kier alpha value is -2.30. The lowest BCUT2D eigenvalue weighted by atomic mass is 10.2. The van der Waals surface area contributed by atoms with Crippen molar-refractivity contribution in [2.24, 2.45) is 4.99 Å². The average Bonchev–Trinajstić information content (AvgIpc) is 2.98. The predicted octanol–water partition coefficient (Wildman–Crippen LogP) is 5.39. The van der Waals surface area contributed by atoms with Crippen LogP contribution in [0.2, 0.25) is 10.0 Å². The Morgan fingerprint density at radius 2 is 2.03 bits per heavy atom. The normalized spacial score (nSPS) is 18.0. The molecule has 3 rings (SSSR count). The quantitative estimate of drug-likeness (QED) is 0.609. The first-order valence-corrected chi connectivity index (χ1v) is 10.6. The number of alkyl halides is 3. The third-order valence-electron chi connectivity index (χ3n) is 4.20. The lowest BCUT2D eigenvalue weighted by Gasteiger charge is -2.14. The first-order valence-electron chi connectivity index (χ1n) is 8.93. The molecule has 0 bridgehead atoms. The van der Waals surface area contributed by atoms with Crippen molar-refractivity contribution in [1.29, 1.82) is 0 Å². The van der Waals surface area contributed by atoms with Crippen LogP contribution < -0.4 is 5.32 Å². The molecule has 1 aromatic heterocycles. The van der Waals surface area contributed by atoms with E-state index in [1.165, 1.54) is 11.1 Å². The lowest BCUT2D eigenvalue weighted by molar-refractivity contribution is -0.137. The summed E-state index contributed by atoms with van der Waals surface area (Å²) in [7, 11) is 0. The van der Waals surface area contributed by atoms with Crippen LogP contribution >= 0.6 is 35.0 Å². The van der Waals surface area contributed by atoms with E-state index in [0.29, 0.717) is 22.6 Å². The van der Waals surface area contributed by atoms with Crippen LogP contribution in [-0.4, -0.2) is 38.7 Å². The van der Waals surface area contributed by atoms with E-state index in [1.54, 1.807) is 19.1 Å². The van der Waals surface area contributed by atoms with Gasteiger partial charge in [-0.2, -0.15) is 13.2 Å². The largest absolute Gasteiger partial charge is 0.416 e. The van der Waals surface area contributed by atoms with Crippen molar-refractivity contribution in [2.75, 3.05) is 11.9 Å². The highest BCUT2D eigenvalue weighted by Crippen LogP contribution is 2.35. The number of nitrogens with one attached hydrogen (secondary N) is 1. The molecule has 0 aliphatic carbocycles. The van der Waals surface area contributed by atoms with E-state index in [2.05, 4.69) is 15.3 Å². The lowest BCUT2D eigenvalue weighted by Crippen LogP contribution is -2.33. The van der Waals surface area contributed by atoms with Gasteiger partial charge in [0.25, 0.3) is 0 Å². The number of anilines is 1. The number of aromatic nitrogens is 1. The second-order valence-corrected chi connectivity index (χ2v) is 8.38. The number of thioether (sulfide) groups is 1. The van der Waals surface area contributed by atoms with Gasteiger partial charge in [0.2, 0.25) is 11.8 Å². The van der Waals surface area contributed by atoms with Crippen LogP contribution in [0.15, 0.2) is 41.5 Å². The number of carbonyl (C=O) groups excluding carboxylic acids is 2. The van der Waals surface area contributed by atoms with E-state index in [1.807, 2.05) is 0 Å². The molecule has 2 aromatic rings. The summed E-state index contributed by atoms with van der Waals surface area (Å²) in [5, 5.41) is 2.34. The maximum Gasteiger partial charge on any atom is 0.416 e. The van der Waals surface area contributed by atoms with Gasteiger partial charge in [0.15, 0.2) is 11.0 Å². The standard InChI is InChI=1S/C19H15Cl2F3N4O2S/c1-2-28-17(30)14(31-18(28)27-15-6-4-11(20)9-25-15)8-16(29)26-13-7-10(19(22,23)24)3-5-12(13)21/h3-7,9,14H,2,8H2,1H3,(H,26,29). The molecule has 1 unspecified atom stereocenters. The zero-order valence-corrected chi connectivity index (χ0v) is 18.2. The molecule has 6 nitrogen and oxygen atoms in total. The minimum atomic E-state index is -4.58. The van der Waals surface area contributed by atoms with Crippen molar-refractivity contribution in [1.82, 2.24) is 9.88 Å². The second-order valence-electron chi connectivity index (χ2n) is 6.36. The highest BCUT2D eigenvalue weighted by molar-refractivity contribution is 8.15. The first kappa shape index (κ1) is 23.4. The van der Waals surface area contributed by atoms with Gasteiger partial charge in [-0.3, -0.25) is 14.5 Å². The van der Waals surface area contributed by atoms with Crippen molar-refractivity contribution < 1.29 is 22.8 Å². The molecule has 1 aliphatic rings. The van der Waals surface area contributed by atoms with Crippen LogP contribution in [0.1, 0.15) is 18.9 Å². The Morgan fingerprint density at radius 1 is 1.29 bits per heavy atom. The maximum absolute atomic E-state index is 12.9. The highest BCUT2D eigenvalue weighted by atomic mass is 35.5. The number of rotatable bonds is 5. The van der Waals surface area contributed by atoms with Crippen LogP contribution in [0.3, 0.4) is 0 Å². The number of hydrogen-bond acceptors (Lipinski definition) is 5. The van der Waals surface area contributed by atoms with E-state index >= 15 is 0 Å². The third-order valence-corrected chi connectivity index (χ3v) is 5.93. The summed E-state index contributed by atoms with van der Waals surface area (Å²) in [6, 6.07) is 5.82. The Morgan fingerprint density at radius 3 is 2.65 bits per heavy atom. The molecular weight excluding hydrogens is 476 g/mol. The molecule has 2 heterocycles. The van der Waals surface area contributed by atoms with E-state index < -0.39 is 22.9 Å². The summed E-state index contributed by atoms with van der Waals surface area (Å²) in [4.78, 5) is 34.9. The van der Waals surface area contributed by atoms with E-state index in [-0.39, 0.29) is 23.0 Å². The molecule has 1 fully saturated rings. The summed E-state index contributed by atoms with van der Waals surface area (Å²) in [6.45, 7) is 2.09. The second kappa shape index (κ2) is 9.46. The summed E-state index contributed by atoms with van der Waals surface area (Å²) in [5.74, 6) is -0.626. The Kier molecular flexibility index (Phi) is 7.13. The van der Waals surface area contributed by atoms with Crippen LogP contribution in [0.4, 0.5) is 24.7 Å². The van der Waals surface area contributed by atoms with Gasteiger partial charge in [-0.15, -0.1) is 0 Å². The zero-order chi connectivity index (χ0) is 22.8. The fourth-order valence-corrected chi connectivity index (χ4v) is 4.20. The van der Waals surface area contributed by atoms with Crippen LogP contribution in [0, 0.1) is 0 Å². The fraction of sp³-hybridized carbons (Fsp3) is 0.263. The Balaban J connectivity index is 1.73. The third kappa shape index (κ3) is 5.69. The summed E-state index contributed by atoms with van der Waals surface area (Å²) < 4.78 is 38.7. The number of carbonyl (C=O) groups is 2. The number of benzene rings is 1. The smallest absolute Gasteiger partial charge is 0.325 e. The monoisotopic (exact) mass is 490 g/mol. The van der Waals surface area contributed by atoms with E-state index in [0.717, 1.165) is 30.0 Å². The van der Waals surface area contributed by atoms with Gasteiger partial charge in [0, 0.05) is 19.2 Å². The number of pyridine rings is 1. The minimum Gasteiger partial charge on any atom is -0.325 e. The van der Waals surface area contributed by atoms with Crippen LogP contribution in [-0.2, 0) is 15.8 Å². The van der Waals surface area contributed by atoms with Crippen molar-refractivity contribution >= 4 is 63.5 Å². The van der Waals surface area contributed by atoms with Gasteiger partial charge in [0.05, 0.1) is 21.3 Å². The number of nitrogens with zero attached hydrogens (tertiary/aromatic N) is 3. The zero-order valence-electron chi connectivity index (χ0n) is 15.9. The fourth-order valence-electron chi connectivity index (χ4n) is 2.72. The number of aliphatic imine (C=N–C) groups is 1. The topological polar surface area (TPSA) is 74.7 Å². The molecule has 31 heavy (non-hydrogen) atoms. The Labute approximate surface area is 189 Å². The van der Waals surface area contributed by atoms with E-state index in [4.69, 9.17) is 23.2 Å². The molecule has 0 radical (unpaired) electrons. The molecular formula is C19H15Cl2F3N4O2S. The van der Waals surface area contributed by atoms with E-state index in [9.17, 15) is 22.8 Å². The van der Waals surface area contributed by atoms with Crippen molar-refractivity contribution in [3.05, 3.63) is 52.1 Å². The van der Waals surface area contributed by atoms with Gasteiger partial charge in [-0.25, -0.2) is 9.98 Å². The van der Waals surface area contributed by atoms with Crippen molar-refractivity contribution in [2.45, 2.75) is 24.8 Å². The number of hydrogen-bond donors (Lipinski definition) is 1. The molecule has 1 aliphatic heterocycles. The van der Waals surface area contributed by atoms with Gasteiger partial charge in [-0.1, -0.05) is 35.0 Å². The highest BCUT2D eigenvalue weighted by Gasteiger charge is 2.38. The van der Waals surface area contributed by atoms with Crippen LogP contribution in [0.5, 0.6) is 0 Å². The van der Waals surface area contributed by atoms with Crippen molar-refractivity contribution in [3.63, 3.8) is 0 Å². The summed E-state index contributed by atoms with van der Waals surface area (Å²) in [5.41, 5.74) is -1.12. The predicted molar refractivity (Wildman–Crippen MR) is 115 cm³/mol. The van der Waals surface area contributed by atoms with Gasteiger partial charge in [-0.05, 0) is 37.3 Å². The van der Waals surface area contributed by atoms with Crippen LogP contribution in [0.25, 0.3) is 0 Å². The molecule has 1 atom stereocenters. The van der Waals surface area contributed by atoms with Gasteiger partial charge in [0.1, 0.15) is 5.25 Å². The average molecular weight is 491 g/mol. The first-order chi connectivity index (χ1) is 14.6. The molecule has 1 N–H and O–H groups in total. The Bertz CT molecular complexity index is 1030. The molecule has 0 spiro atoms. The minimum absolute atomic E-state index is 0.0435. The summed E-state index contributed by atoms with van der Waals surface area (Å²) in [6.07, 6.45) is -3.42. The molecule has 1 saturated heterocycles. The molecule has 12 heteroatoms. The molecule has 0 saturated carbocycles. The molecule has 2 amide bonds. The maximum atomic E-state index is 12.9. The molecule has 164 valence electrons. The SMILES string of the molecule is CCN1C(=O)C(CC(=O)Nc2cc(C(F)(F)F)ccc2Cl)SC1=Nc1ccc(Cl)cn1. The number of halogens is 5.